The third-order valence-corrected chi connectivity index (χ3v) is 7.12. The van der Waals surface area contributed by atoms with Crippen LogP contribution in [0.2, 0.25) is 5.02 Å². The molecule has 5 rings (SSSR count). The third kappa shape index (κ3) is 5.66. The molecule has 4 aromatic rings. The summed E-state index contributed by atoms with van der Waals surface area (Å²) >= 11 is 6.27. The van der Waals surface area contributed by atoms with Crippen molar-refractivity contribution in [2.75, 3.05) is 11.4 Å². The number of hydrogen-bond acceptors (Lipinski definition) is 3. The van der Waals surface area contributed by atoms with Crippen LogP contribution in [0.4, 0.5) is 5.69 Å². The number of carbonyl (C=O) groups excluding carboxylic acids is 3. The summed E-state index contributed by atoms with van der Waals surface area (Å²) in [6, 6.07) is 27.3. The minimum atomic E-state index is -0.794. The zero-order valence-corrected chi connectivity index (χ0v) is 22.7. The number of amides is 3. The normalized spacial score (nSPS) is 13.1. The summed E-state index contributed by atoms with van der Waals surface area (Å²) in [6.45, 7) is 3.76. The summed E-state index contributed by atoms with van der Waals surface area (Å²) in [4.78, 5) is 44.3. The van der Waals surface area contributed by atoms with Crippen LogP contribution in [0.25, 0.3) is 10.8 Å². The number of nitrogens with one attached hydrogen (secondary N) is 1. The van der Waals surface area contributed by atoms with Gasteiger partial charge in [0.2, 0.25) is 11.8 Å². The maximum absolute atomic E-state index is 14.1. The van der Waals surface area contributed by atoms with Crippen LogP contribution < -0.4 is 10.2 Å². The summed E-state index contributed by atoms with van der Waals surface area (Å²) in [7, 11) is 0. The molecule has 39 heavy (non-hydrogen) atoms. The molecule has 0 bridgehead atoms. The Kier molecular flexibility index (Phi) is 7.66. The van der Waals surface area contributed by atoms with Gasteiger partial charge in [-0.2, -0.15) is 0 Å². The second-order valence-corrected chi connectivity index (χ2v) is 10.5. The summed E-state index contributed by atoms with van der Waals surface area (Å²) in [6.07, 6.45) is 0.329. The molecule has 0 saturated heterocycles. The lowest BCUT2D eigenvalue weighted by Crippen LogP contribution is -2.54. The first-order valence-electron chi connectivity index (χ1n) is 13.0. The maximum atomic E-state index is 14.1. The smallest absolute Gasteiger partial charge is 0.259 e. The topological polar surface area (TPSA) is 69.7 Å². The van der Waals surface area contributed by atoms with Crippen molar-refractivity contribution in [1.82, 2.24) is 10.2 Å². The number of benzene rings is 4. The molecule has 1 aliphatic rings. The van der Waals surface area contributed by atoms with Crippen LogP contribution in [0.15, 0.2) is 91.0 Å². The Labute approximate surface area is 233 Å². The molecule has 0 saturated carbocycles. The molecule has 1 N–H and O–H groups in total. The number of rotatable bonds is 9. The van der Waals surface area contributed by atoms with E-state index in [1.807, 2.05) is 86.6 Å². The molecule has 1 atom stereocenters. The van der Waals surface area contributed by atoms with E-state index in [2.05, 4.69) is 5.32 Å². The summed E-state index contributed by atoms with van der Waals surface area (Å²) in [5.41, 5.74) is 3.01. The fourth-order valence-electron chi connectivity index (χ4n) is 5.13. The highest BCUT2D eigenvalue weighted by Crippen LogP contribution is 2.37. The Balaban J connectivity index is 1.52. The van der Waals surface area contributed by atoms with Crippen LogP contribution in [-0.2, 0) is 22.6 Å². The average molecular weight is 540 g/mol. The van der Waals surface area contributed by atoms with Crippen LogP contribution in [0.5, 0.6) is 0 Å². The van der Waals surface area contributed by atoms with E-state index < -0.39 is 6.04 Å². The molecule has 7 heteroatoms. The van der Waals surface area contributed by atoms with Crippen molar-refractivity contribution in [3.05, 3.63) is 113 Å². The molecule has 3 amide bonds. The monoisotopic (exact) mass is 539 g/mol. The highest BCUT2D eigenvalue weighted by molar-refractivity contribution is 6.30. The summed E-state index contributed by atoms with van der Waals surface area (Å²) in [5.74, 6) is -0.792. The van der Waals surface area contributed by atoms with Gasteiger partial charge in [-0.3, -0.25) is 19.3 Å². The summed E-state index contributed by atoms with van der Waals surface area (Å²) < 4.78 is 0. The highest BCUT2D eigenvalue weighted by Gasteiger charge is 2.36. The van der Waals surface area contributed by atoms with E-state index in [1.54, 1.807) is 23.1 Å². The number of anilines is 1. The van der Waals surface area contributed by atoms with Gasteiger partial charge in [0.05, 0.1) is 5.69 Å². The number of hydrogen-bond donors (Lipinski definition) is 1. The Morgan fingerprint density at radius 2 is 1.59 bits per heavy atom. The number of carbonyl (C=O) groups is 3. The van der Waals surface area contributed by atoms with Crippen molar-refractivity contribution in [2.24, 2.45) is 0 Å². The average Bonchev–Trinajstić information content (AvgIpc) is 3.19. The van der Waals surface area contributed by atoms with Crippen molar-refractivity contribution in [3.63, 3.8) is 0 Å². The van der Waals surface area contributed by atoms with Crippen LogP contribution >= 0.6 is 11.6 Å². The molecule has 0 spiro atoms. The SMILES string of the molecule is CC(C)NC(=O)[C@H](Cc1ccccc1)N(Cc1cccc(Cl)c1)C(=O)CN1C(=O)c2cccc3cccc1c23. The second kappa shape index (κ2) is 11.3. The van der Waals surface area contributed by atoms with Crippen molar-refractivity contribution >= 4 is 45.8 Å². The first kappa shape index (κ1) is 26.4. The molecule has 4 aromatic carbocycles. The standard InChI is InChI=1S/C32H30ClN3O3/c1-21(2)34-31(38)28(18-22-9-4-3-5-10-22)35(19-23-11-6-14-25(33)17-23)29(37)20-36-27-16-8-13-24-12-7-15-26(30(24)27)32(36)39/h3-17,21,28H,18-20H2,1-2H3,(H,34,38)/t28-/m0/s1. The zero-order chi connectivity index (χ0) is 27.5. The molecule has 1 heterocycles. The second-order valence-electron chi connectivity index (χ2n) is 10.1. The Hall–Kier alpha value is -4.16. The van der Waals surface area contributed by atoms with Gasteiger partial charge in [0, 0.05) is 35.0 Å². The van der Waals surface area contributed by atoms with E-state index in [4.69, 9.17) is 11.6 Å². The van der Waals surface area contributed by atoms with E-state index in [0.29, 0.717) is 22.7 Å². The summed E-state index contributed by atoms with van der Waals surface area (Å²) in [5, 5.41) is 5.32. The van der Waals surface area contributed by atoms with Crippen LogP contribution in [0.3, 0.4) is 0 Å². The molecular weight excluding hydrogens is 510 g/mol. The van der Waals surface area contributed by atoms with Crippen molar-refractivity contribution in [3.8, 4) is 0 Å². The molecule has 6 nitrogen and oxygen atoms in total. The van der Waals surface area contributed by atoms with E-state index in [-0.39, 0.29) is 36.9 Å². The molecule has 198 valence electrons. The van der Waals surface area contributed by atoms with Gasteiger partial charge >= 0.3 is 0 Å². The molecular formula is C32H30ClN3O3. The number of nitrogens with zero attached hydrogens (tertiary/aromatic N) is 2. The molecule has 0 aromatic heterocycles. The zero-order valence-electron chi connectivity index (χ0n) is 21.9. The first-order chi connectivity index (χ1) is 18.8. The third-order valence-electron chi connectivity index (χ3n) is 6.89. The Bertz CT molecular complexity index is 1530. The fourth-order valence-corrected chi connectivity index (χ4v) is 5.34. The van der Waals surface area contributed by atoms with Gasteiger partial charge < -0.3 is 10.2 Å². The van der Waals surface area contributed by atoms with E-state index in [1.165, 1.54) is 4.90 Å². The van der Waals surface area contributed by atoms with E-state index >= 15 is 0 Å². The van der Waals surface area contributed by atoms with Crippen LogP contribution in [-0.4, -0.2) is 41.2 Å². The number of halogens is 1. The Morgan fingerprint density at radius 3 is 2.31 bits per heavy atom. The van der Waals surface area contributed by atoms with Gasteiger partial charge in [-0.05, 0) is 54.6 Å². The van der Waals surface area contributed by atoms with E-state index in [0.717, 1.165) is 21.9 Å². The van der Waals surface area contributed by atoms with Gasteiger partial charge in [-0.25, -0.2) is 0 Å². The van der Waals surface area contributed by atoms with Gasteiger partial charge in [-0.15, -0.1) is 0 Å². The van der Waals surface area contributed by atoms with Gasteiger partial charge in [0.25, 0.3) is 5.91 Å². The lowest BCUT2D eigenvalue weighted by molar-refractivity contribution is -0.140. The highest BCUT2D eigenvalue weighted by atomic mass is 35.5. The van der Waals surface area contributed by atoms with Crippen molar-refractivity contribution in [1.29, 1.82) is 0 Å². The van der Waals surface area contributed by atoms with Crippen LogP contribution in [0.1, 0.15) is 35.3 Å². The van der Waals surface area contributed by atoms with Gasteiger partial charge in [0.1, 0.15) is 12.6 Å². The van der Waals surface area contributed by atoms with Gasteiger partial charge in [0.15, 0.2) is 0 Å². The van der Waals surface area contributed by atoms with Crippen molar-refractivity contribution < 1.29 is 14.4 Å². The Morgan fingerprint density at radius 1 is 0.897 bits per heavy atom. The molecule has 0 fully saturated rings. The predicted molar refractivity (Wildman–Crippen MR) is 155 cm³/mol. The van der Waals surface area contributed by atoms with Crippen LogP contribution in [0, 0.1) is 0 Å². The van der Waals surface area contributed by atoms with E-state index in [9.17, 15) is 14.4 Å². The lowest BCUT2D eigenvalue weighted by atomic mass is 10.0. The minimum Gasteiger partial charge on any atom is -0.352 e. The lowest BCUT2D eigenvalue weighted by Gasteiger charge is -2.33. The fraction of sp³-hybridized carbons (Fsp3) is 0.219. The van der Waals surface area contributed by atoms with Gasteiger partial charge in [-0.1, -0.05) is 78.3 Å². The first-order valence-corrected chi connectivity index (χ1v) is 13.4. The van der Waals surface area contributed by atoms with Crippen molar-refractivity contribution in [2.45, 2.75) is 38.9 Å². The maximum Gasteiger partial charge on any atom is 0.259 e. The molecule has 1 aliphatic heterocycles. The largest absolute Gasteiger partial charge is 0.352 e. The predicted octanol–water partition coefficient (Wildman–Crippen LogP) is 5.62. The molecule has 0 radical (unpaired) electrons. The molecule has 0 unspecified atom stereocenters. The molecule has 0 aliphatic carbocycles. The quantitative estimate of drug-likeness (QED) is 0.300. The minimum absolute atomic E-state index is 0.105.